The Labute approximate surface area is 197 Å². The fourth-order valence-electron chi connectivity index (χ4n) is 4.21. The number of nitrogens with one attached hydrogen (secondary N) is 1. The maximum Gasteiger partial charge on any atom is 0.271 e. The summed E-state index contributed by atoms with van der Waals surface area (Å²) in [4.78, 5) is 16.5. The number of amides is 1. The molecule has 29 heavy (non-hydrogen) atoms. The van der Waals surface area contributed by atoms with Crippen LogP contribution in [0.3, 0.4) is 0 Å². The van der Waals surface area contributed by atoms with Gasteiger partial charge in [0.15, 0.2) is 0 Å². The van der Waals surface area contributed by atoms with Crippen LogP contribution < -0.4 is 22.3 Å². The molecule has 1 fully saturated rings. The van der Waals surface area contributed by atoms with Gasteiger partial charge in [0.1, 0.15) is 10.8 Å². The van der Waals surface area contributed by atoms with Gasteiger partial charge in [-0.2, -0.15) is 0 Å². The fraction of sp³-hybridized carbons (Fsp3) is 0.727. The summed E-state index contributed by atoms with van der Waals surface area (Å²) < 4.78 is 1.14. The number of pyridine rings is 1. The maximum absolute atomic E-state index is 12.4. The lowest BCUT2D eigenvalue weighted by Crippen LogP contribution is -3.00. The van der Waals surface area contributed by atoms with Crippen LogP contribution in [0.25, 0.3) is 0 Å². The van der Waals surface area contributed by atoms with Gasteiger partial charge in [0.2, 0.25) is 0 Å². The summed E-state index contributed by atoms with van der Waals surface area (Å²) in [7, 11) is 0. The zero-order chi connectivity index (χ0) is 20.2. The van der Waals surface area contributed by atoms with Gasteiger partial charge in [-0.05, 0) is 44.2 Å². The van der Waals surface area contributed by atoms with Crippen LogP contribution in [0.15, 0.2) is 12.1 Å². The Balaban J connectivity index is 0.00000420. The van der Waals surface area contributed by atoms with Crippen molar-refractivity contribution in [3.05, 3.63) is 28.0 Å². The van der Waals surface area contributed by atoms with Gasteiger partial charge in [0.05, 0.1) is 37.7 Å². The largest absolute Gasteiger partial charge is 1.00 e. The van der Waals surface area contributed by atoms with Crippen molar-refractivity contribution in [2.24, 2.45) is 0 Å². The van der Waals surface area contributed by atoms with E-state index < -0.39 is 0 Å². The average molecular weight is 509 g/mol. The molecule has 0 saturated carbocycles. The van der Waals surface area contributed by atoms with Crippen LogP contribution in [0.4, 0.5) is 0 Å². The Morgan fingerprint density at radius 2 is 1.66 bits per heavy atom. The van der Waals surface area contributed by atoms with Gasteiger partial charge in [-0.15, -0.1) is 0 Å². The normalized spacial score (nSPS) is 15.6. The molecule has 166 valence electrons. The molecule has 0 aromatic carbocycles. The van der Waals surface area contributed by atoms with E-state index in [9.17, 15) is 4.79 Å². The number of piperidine rings is 1. The number of halogens is 3. The summed E-state index contributed by atoms with van der Waals surface area (Å²) >= 11 is 12.0. The average Bonchev–Trinajstić information content (AvgIpc) is 2.70. The molecule has 2 rings (SSSR count). The molecule has 1 aliphatic heterocycles. The van der Waals surface area contributed by atoms with Crippen molar-refractivity contribution >= 4 is 29.1 Å². The lowest BCUT2D eigenvalue weighted by molar-refractivity contribution is -0.931. The molecule has 1 aromatic heterocycles. The number of rotatable bonds is 12. The molecule has 4 nitrogen and oxygen atoms in total. The molecule has 2 heterocycles. The zero-order valence-corrected chi connectivity index (χ0v) is 20.8. The quantitative estimate of drug-likeness (QED) is 0.268. The molecule has 1 amide bonds. The van der Waals surface area contributed by atoms with E-state index in [2.05, 4.69) is 17.2 Å². The molecule has 1 N–H and O–H groups in total. The Morgan fingerprint density at radius 3 is 2.34 bits per heavy atom. The standard InChI is InChI=1S/C22H35Cl2N3O.BrH/c1-2-3-4-5-6-7-9-15-27(16-10-8-11-17-27)18-14-25-22(28)21-19(23)12-13-20(24)26-21;/h12-13H,2-11,14-18H2,1H3;1H. The van der Waals surface area contributed by atoms with Crippen LogP contribution in [0.2, 0.25) is 10.2 Å². The van der Waals surface area contributed by atoms with Crippen molar-refractivity contribution < 1.29 is 26.3 Å². The van der Waals surface area contributed by atoms with Crippen LogP contribution in [0.5, 0.6) is 0 Å². The second-order valence-corrected chi connectivity index (χ2v) is 8.93. The second kappa shape index (κ2) is 14.6. The van der Waals surface area contributed by atoms with Crippen molar-refractivity contribution in [2.45, 2.75) is 71.1 Å². The van der Waals surface area contributed by atoms with Crippen LogP contribution in [0, 0.1) is 0 Å². The highest BCUT2D eigenvalue weighted by Gasteiger charge is 2.29. The monoisotopic (exact) mass is 507 g/mol. The Morgan fingerprint density at radius 1 is 1.00 bits per heavy atom. The van der Waals surface area contributed by atoms with Crippen molar-refractivity contribution in [1.29, 1.82) is 0 Å². The topological polar surface area (TPSA) is 42.0 Å². The van der Waals surface area contributed by atoms with E-state index in [4.69, 9.17) is 23.2 Å². The van der Waals surface area contributed by atoms with Gasteiger partial charge in [-0.1, -0.05) is 62.2 Å². The third-order valence-electron chi connectivity index (χ3n) is 5.90. The summed E-state index contributed by atoms with van der Waals surface area (Å²) in [6.07, 6.45) is 13.3. The number of quaternary nitrogens is 1. The van der Waals surface area contributed by atoms with E-state index in [-0.39, 0.29) is 33.7 Å². The number of carbonyl (C=O) groups excluding carboxylic acids is 1. The first kappa shape index (κ1) is 26.7. The molecular formula is C22H36BrCl2N3O. The molecule has 0 unspecified atom stereocenters. The van der Waals surface area contributed by atoms with Crippen molar-refractivity contribution in [2.75, 3.05) is 32.7 Å². The molecular weight excluding hydrogens is 473 g/mol. The summed E-state index contributed by atoms with van der Waals surface area (Å²) in [6, 6.07) is 3.21. The van der Waals surface area contributed by atoms with E-state index in [1.165, 1.54) is 83.8 Å². The third kappa shape index (κ3) is 9.54. The second-order valence-electron chi connectivity index (χ2n) is 8.14. The van der Waals surface area contributed by atoms with Crippen molar-refractivity contribution in [3.8, 4) is 0 Å². The van der Waals surface area contributed by atoms with Crippen molar-refractivity contribution in [3.63, 3.8) is 0 Å². The highest BCUT2D eigenvalue weighted by atomic mass is 79.9. The SMILES string of the molecule is CCCCCCCCC[N+]1(CCNC(=O)c2nc(Cl)ccc2Cl)CCCCC1.[Br-]. The van der Waals surface area contributed by atoms with Gasteiger partial charge >= 0.3 is 0 Å². The number of nitrogens with zero attached hydrogens (tertiary/aromatic N) is 2. The molecule has 0 atom stereocenters. The summed E-state index contributed by atoms with van der Waals surface area (Å²) in [5.41, 5.74) is 0.214. The Kier molecular flexibility index (Phi) is 13.4. The molecule has 0 aliphatic carbocycles. The number of unbranched alkanes of at least 4 members (excludes halogenated alkanes) is 6. The number of carbonyl (C=O) groups is 1. The smallest absolute Gasteiger partial charge is 0.271 e. The van der Waals surface area contributed by atoms with E-state index >= 15 is 0 Å². The first-order valence-electron chi connectivity index (χ1n) is 11.0. The minimum Gasteiger partial charge on any atom is -1.00 e. The van der Waals surface area contributed by atoms with E-state index in [0.717, 1.165) is 11.0 Å². The molecule has 1 aromatic rings. The summed E-state index contributed by atoms with van der Waals surface area (Å²) in [6.45, 7) is 7.61. The first-order chi connectivity index (χ1) is 13.6. The number of hydrogen-bond acceptors (Lipinski definition) is 2. The lowest BCUT2D eigenvalue weighted by atomic mass is 10.0. The lowest BCUT2D eigenvalue weighted by Gasteiger charge is -2.42. The maximum atomic E-state index is 12.4. The summed E-state index contributed by atoms with van der Waals surface area (Å²) in [5, 5.41) is 3.63. The minimum atomic E-state index is -0.237. The van der Waals surface area contributed by atoms with E-state index in [1.54, 1.807) is 12.1 Å². The molecule has 0 spiro atoms. The molecule has 0 radical (unpaired) electrons. The Hall–Kier alpha value is -0.360. The molecule has 7 heteroatoms. The molecule has 1 saturated heterocycles. The Bertz CT molecular complexity index is 610. The zero-order valence-electron chi connectivity index (χ0n) is 17.7. The van der Waals surface area contributed by atoms with Crippen LogP contribution in [-0.2, 0) is 0 Å². The number of likely N-dealkylation sites (tertiary alicyclic amines) is 1. The van der Waals surface area contributed by atoms with E-state index in [0.29, 0.717) is 11.6 Å². The van der Waals surface area contributed by atoms with Crippen molar-refractivity contribution in [1.82, 2.24) is 10.3 Å². The fourth-order valence-corrected chi connectivity index (χ4v) is 4.55. The predicted molar refractivity (Wildman–Crippen MR) is 118 cm³/mol. The van der Waals surface area contributed by atoms with Crippen LogP contribution >= 0.6 is 23.2 Å². The van der Waals surface area contributed by atoms with Gasteiger partial charge in [-0.25, -0.2) is 4.98 Å². The molecule has 1 aliphatic rings. The van der Waals surface area contributed by atoms with Gasteiger partial charge in [0.25, 0.3) is 5.91 Å². The minimum absolute atomic E-state index is 0. The van der Waals surface area contributed by atoms with Crippen LogP contribution in [0.1, 0.15) is 81.6 Å². The van der Waals surface area contributed by atoms with Gasteiger partial charge in [0, 0.05) is 0 Å². The van der Waals surface area contributed by atoms with E-state index in [1.807, 2.05) is 0 Å². The molecule has 0 bridgehead atoms. The predicted octanol–water partition coefficient (Wildman–Crippen LogP) is 2.87. The first-order valence-corrected chi connectivity index (χ1v) is 11.8. The third-order valence-corrected chi connectivity index (χ3v) is 6.42. The summed E-state index contributed by atoms with van der Waals surface area (Å²) in [5.74, 6) is -0.237. The number of aromatic nitrogens is 1. The van der Waals surface area contributed by atoms with Gasteiger partial charge < -0.3 is 26.8 Å². The number of hydrogen-bond donors (Lipinski definition) is 1. The highest BCUT2D eigenvalue weighted by Crippen LogP contribution is 2.21. The van der Waals surface area contributed by atoms with Crippen LogP contribution in [-0.4, -0.2) is 48.1 Å². The highest BCUT2D eigenvalue weighted by molar-refractivity contribution is 6.34. The van der Waals surface area contributed by atoms with Gasteiger partial charge in [-0.3, -0.25) is 4.79 Å².